The molecule has 0 unspecified atom stereocenters. The van der Waals surface area contributed by atoms with Gasteiger partial charge in [0, 0.05) is 4.47 Å². The number of hydrogen-bond acceptors (Lipinski definition) is 0. The molecule has 0 bridgehead atoms. The van der Waals surface area contributed by atoms with Crippen molar-refractivity contribution in [2.75, 3.05) is 0 Å². The Morgan fingerprint density at radius 3 is 2.67 bits per heavy atom. The summed E-state index contributed by atoms with van der Waals surface area (Å²) >= 11 is 3.54. The molecule has 1 rings (SSSR count). The monoisotopic (exact) mass is 226 g/mol. The SMILES string of the molecule is CCCCc1ccc(C)c(Br)c1. The van der Waals surface area contributed by atoms with Gasteiger partial charge in [-0.2, -0.15) is 0 Å². The molecule has 12 heavy (non-hydrogen) atoms. The summed E-state index contributed by atoms with van der Waals surface area (Å²) in [6.45, 7) is 4.34. The summed E-state index contributed by atoms with van der Waals surface area (Å²) in [6.07, 6.45) is 3.76. The first kappa shape index (κ1) is 9.79. The summed E-state index contributed by atoms with van der Waals surface area (Å²) < 4.78 is 1.23. The number of unbranched alkanes of at least 4 members (excludes halogenated alkanes) is 1. The molecule has 1 aromatic rings. The molecule has 0 amide bonds. The van der Waals surface area contributed by atoms with Crippen LogP contribution >= 0.6 is 15.9 Å². The lowest BCUT2D eigenvalue weighted by molar-refractivity contribution is 0.794. The maximum Gasteiger partial charge on any atom is 0.0207 e. The average Bonchev–Trinajstić information content (AvgIpc) is 2.07. The molecule has 0 saturated carbocycles. The third-order valence-corrected chi connectivity index (χ3v) is 2.91. The molecule has 0 saturated heterocycles. The third-order valence-electron chi connectivity index (χ3n) is 2.06. The Labute approximate surface area is 83.1 Å². The van der Waals surface area contributed by atoms with Crippen LogP contribution in [-0.2, 0) is 6.42 Å². The van der Waals surface area contributed by atoms with Gasteiger partial charge in [-0.15, -0.1) is 0 Å². The van der Waals surface area contributed by atoms with Crippen molar-refractivity contribution in [1.82, 2.24) is 0 Å². The zero-order valence-electron chi connectivity index (χ0n) is 7.73. The highest BCUT2D eigenvalue weighted by Crippen LogP contribution is 2.18. The Morgan fingerprint density at radius 2 is 2.08 bits per heavy atom. The predicted octanol–water partition coefficient (Wildman–Crippen LogP) is 4.10. The van der Waals surface area contributed by atoms with Crippen molar-refractivity contribution in [3.8, 4) is 0 Å². The molecule has 0 nitrogen and oxygen atoms in total. The molecular weight excluding hydrogens is 212 g/mol. The normalized spacial score (nSPS) is 10.2. The minimum absolute atomic E-state index is 1.20. The zero-order valence-corrected chi connectivity index (χ0v) is 9.32. The molecule has 0 aliphatic heterocycles. The van der Waals surface area contributed by atoms with E-state index in [1.807, 2.05) is 0 Å². The van der Waals surface area contributed by atoms with Gasteiger partial charge in [-0.3, -0.25) is 0 Å². The van der Waals surface area contributed by atoms with E-state index < -0.39 is 0 Å². The van der Waals surface area contributed by atoms with Crippen molar-refractivity contribution in [3.05, 3.63) is 33.8 Å². The van der Waals surface area contributed by atoms with Crippen LogP contribution in [0.2, 0.25) is 0 Å². The number of benzene rings is 1. The van der Waals surface area contributed by atoms with E-state index in [0.29, 0.717) is 0 Å². The molecule has 1 heteroatoms. The van der Waals surface area contributed by atoms with Gasteiger partial charge >= 0.3 is 0 Å². The molecule has 0 aliphatic carbocycles. The first-order chi connectivity index (χ1) is 5.74. The van der Waals surface area contributed by atoms with E-state index in [1.54, 1.807) is 0 Å². The van der Waals surface area contributed by atoms with Gasteiger partial charge in [0.2, 0.25) is 0 Å². The van der Waals surface area contributed by atoms with Crippen LogP contribution in [0.25, 0.3) is 0 Å². The molecule has 0 heterocycles. The standard InChI is InChI=1S/C11H15Br/c1-3-4-5-10-7-6-9(2)11(12)8-10/h6-8H,3-5H2,1-2H3. The molecule has 66 valence electrons. The van der Waals surface area contributed by atoms with E-state index in [1.165, 1.54) is 34.9 Å². The molecule has 0 radical (unpaired) electrons. The molecule has 1 aromatic carbocycles. The van der Waals surface area contributed by atoms with Gasteiger partial charge in [0.25, 0.3) is 0 Å². The predicted molar refractivity (Wildman–Crippen MR) is 57.5 cm³/mol. The van der Waals surface area contributed by atoms with Gasteiger partial charge in [0.05, 0.1) is 0 Å². The van der Waals surface area contributed by atoms with Gasteiger partial charge < -0.3 is 0 Å². The smallest absolute Gasteiger partial charge is 0.0207 e. The summed E-state index contributed by atoms with van der Waals surface area (Å²) in [5.74, 6) is 0. The molecule has 0 N–H and O–H groups in total. The fourth-order valence-corrected chi connectivity index (χ4v) is 1.60. The van der Waals surface area contributed by atoms with Gasteiger partial charge in [0.15, 0.2) is 0 Å². The second kappa shape index (κ2) is 4.66. The van der Waals surface area contributed by atoms with Crippen LogP contribution in [0, 0.1) is 6.92 Å². The number of halogens is 1. The van der Waals surface area contributed by atoms with Crippen LogP contribution in [0.3, 0.4) is 0 Å². The van der Waals surface area contributed by atoms with E-state index >= 15 is 0 Å². The number of hydrogen-bond donors (Lipinski definition) is 0. The Kier molecular flexibility index (Phi) is 3.80. The van der Waals surface area contributed by atoms with E-state index in [0.717, 1.165) is 0 Å². The quantitative estimate of drug-likeness (QED) is 0.729. The van der Waals surface area contributed by atoms with Gasteiger partial charge in [-0.05, 0) is 37.0 Å². The van der Waals surface area contributed by atoms with E-state index in [4.69, 9.17) is 0 Å². The maximum absolute atomic E-state index is 3.54. The summed E-state index contributed by atoms with van der Waals surface area (Å²) in [5.41, 5.74) is 2.75. The molecule has 0 spiro atoms. The fraction of sp³-hybridized carbons (Fsp3) is 0.455. The first-order valence-corrected chi connectivity index (χ1v) is 5.28. The summed E-state index contributed by atoms with van der Waals surface area (Å²) in [5, 5.41) is 0. The van der Waals surface area contributed by atoms with Crippen molar-refractivity contribution in [3.63, 3.8) is 0 Å². The second-order valence-electron chi connectivity index (χ2n) is 3.19. The molecule has 0 fully saturated rings. The lowest BCUT2D eigenvalue weighted by Gasteiger charge is -2.02. The Balaban J connectivity index is 2.69. The van der Waals surface area contributed by atoms with E-state index in [2.05, 4.69) is 48.0 Å². The van der Waals surface area contributed by atoms with E-state index in [9.17, 15) is 0 Å². The second-order valence-corrected chi connectivity index (χ2v) is 4.04. The van der Waals surface area contributed by atoms with E-state index in [-0.39, 0.29) is 0 Å². The van der Waals surface area contributed by atoms with Crippen LogP contribution in [-0.4, -0.2) is 0 Å². The zero-order chi connectivity index (χ0) is 8.97. The molecule has 0 aromatic heterocycles. The number of rotatable bonds is 3. The first-order valence-electron chi connectivity index (χ1n) is 4.49. The summed E-state index contributed by atoms with van der Waals surface area (Å²) in [6, 6.07) is 6.62. The van der Waals surface area contributed by atoms with Gasteiger partial charge in [0.1, 0.15) is 0 Å². The van der Waals surface area contributed by atoms with Crippen LogP contribution < -0.4 is 0 Å². The van der Waals surface area contributed by atoms with Crippen LogP contribution in [0.15, 0.2) is 22.7 Å². The highest BCUT2D eigenvalue weighted by molar-refractivity contribution is 9.10. The van der Waals surface area contributed by atoms with Gasteiger partial charge in [-0.1, -0.05) is 41.4 Å². The van der Waals surface area contributed by atoms with Crippen molar-refractivity contribution in [1.29, 1.82) is 0 Å². The summed E-state index contributed by atoms with van der Waals surface area (Å²) in [7, 11) is 0. The number of aryl methyl sites for hydroxylation is 2. The van der Waals surface area contributed by atoms with Crippen LogP contribution in [0.1, 0.15) is 30.9 Å². The minimum Gasteiger partial charge on any atom is -0.0654 e. The minimum atomic E-state index is 1.20. The molecular formula is C11H15Br. The van der Waals surface area contributed by atoms with Crippen LogP contribution in [0.4, 0.5) is 0 Å². The summed E-state index contributed by atoms with van der Waals surface area (Å²) in [4.78, 5) is 0. The Morgan fingerprint density at radius 1 is 1.33 bits per heavy atom. The van der Waals surface area contributed by atoms with Gasteiger partial charge in [-0.25, -0.2) is 0 Å². The van der Waals surface area contributed by atoms with Crippen molar-refractivity contribution >= 4 is 15.9 Å². The average molecular weight is 227 g/mol. The highest BCUT2D eigenvalue weighted by atomic mass is 79.9. The highest BCUT2D eigenvalue weighted by Gasteiger charge is 1.96. The van der Waals surface area contributed by atoms with Crippen LogP contribution in [0.5, 0.6) is 0 Å². The third kappa shape index (κ3) is 2.63. The van der Waals surface area contributed by atoms with Crippen molar-refractivity contribution < 1.29 is 0 Å². The largest absolute Gasteiger partial charge is 0.0654 e. The topological polar surface area (TPSA) is 0 Å². The van der Waals surface area contributed by atoms with Crippen molar-refractivity contribution in [2.45, 2.75) is 33.1 Å². The molecule has 0 atom stereocenters. The Hall–Kier alpha value is -0.300. The Bertz CT molecular complexity index is 253. The lowest BCUT2D eigenvalue weighted by atomic mass is 10.1. The van der Waals surface area contributed by atoms with Crippen molar-refractivity contribution in [2.24, 2.45) is 0 Å². The molecule has 0 aliphatic rings. The fourth-order valence-electron chi connectivity index (χ4n) is 1.17. The maximum atomic E-state index is 3.54. The lowest BCUT2D eigenvalue weighted by Crippen LogP contribution is -1.85.